The van der Waals surface area contributed by atoms with Crippen LogP contribution in [0.5, 0.6) is 6.01 Å². The summed E-state index contributed by atoms with van der Waals surface area (Å²) in [5.74, 6) is -1.91. The van der Waals surface area contributed by atoms with E-state index in [-0.39, 0.29) is 42.2 Å². The molecule has 0 radical (unpaired) electrons. The number of likely N-dealkylation sites (tertiary alicyclic amines) is 1. The maximum absolute atomic E-state index is 12.9. The Morgan fingerprint density at radius 2 is 1.67 bits per heavy atom. The van der Waals surface area contributed by atoms with Crippen molar-refractivity contribution in [2.75, 3.05) is 42.8 Å². The molecule has 1 aliphatic carbocycles. The molecule has 1 aromatic heterocycles. The van der Waals surface area contributed by atoms with Crippen LogP contribution in [0, 0.1) is 0 Å². The molecular weight excluding hydrogens is 729 g/mol. The molecule has 52 heavy (non-hydrogen) atoms. The van der Waals surface area contributed by atoms with E-state index in [1.165, 1.54) is 24.3 Å². The van der Waals surface area contributed by atoms with Crippen molar-refractivity contribution in [3.8, 4) is 6.01 Å². The van der Waals surface area contributed by atoms with E-state index in [4.69, 9.17) is 21.1 Å². The highest BCUT2D eigenvalue weighted by atomic mass is 35.5. The van der Waals surface area contributed by atoms with Crippen LogP contribution >= 0.6 is 11.6 Å². The van der Waals surface area contributed by atoms with Gasteiger partial charge >= 0.3 is 12.2 Å². The molecule has 1 saturated carbocycles. The summed E-state index contributed by atoms with van der Waals surface area (Å²) in [6, 6.07) is 11.7. The van der Waals surface area contributed by atoms with E-state index in [1.54, 1.807) is 12.1 Å². The summed E-state index contributed by atoms with van der Waals surface area (Å²) in [5.41, 5.74) is 0.300. The van der Waals surface area contributed by atoms with Crippen LogP contribution < -0.4 is 25.4 Å². The lowest BCUT2D eigenvalue weighted by molar-refractivity contribution is -0.154. The number of sulfonamides is 1. The third-order valence-corrected chi connectivity index (χ3v) is 9.62. The molecule has 2 amide bonds. The van der Waals surface area contributed by atoms with Crippen molar-refractivity contribution in [3.05, 3.63) is 64.7 Å². The first kappa shape index (κ1) is 39.0. The maximum Gasteiger partial charge on any atom is 0.422 e. The second kappa shape index (κ2) is 15.8. The van der Waals surface area contributed by atoms with Gasteiger partial charge in [-0.15, -0.1) is 0 Å². The fourth-order valence-corrected chi connectivity index (χ4v) is 6.34. The van der Waals surface area contributed by atoms with E-state index in [0.717, 1.165) is 12.0 Å². The van der Waals surface area contributed by atoms with Crippen LogP contribution in [-0.2, 0) is 25.1 Å². The Hall–Kier alpha value is -4.26. The van der Waals surface area contributed by atoms with Crippen LogP contribution in [0.4, 0.5) is 30.8 Å². The van der Waals surface area contributed by atoms with Crippen LogP contribution in [0.3, 0.4) is 0 Å². The van der Waals surface area contributed by atoms with Crippen LogP contribution in [0.25, 0.3) is 0 Å². The average Bonchev–Trinajstić information content (AvgIpc) is 3.67. The van der Waals surface area contributed by atoms with E-state index in [0.29, 0.717) is 36.5 Å². The second-order valence-electron chi connectivity index (χ2n) is 13.5. The number of nitrogens with one attached hydrogen (secondary N) is 4. The molecule has 4 N–H and O–H groups in total. The van der Waals surface area contributed by atoms with Crippen molar-refractivity contribution in [2.24, 2.45) is 0 Å². The molecule has 1 saturated heterocycles. The summed E-state index contributed by atoms with van der Waals surface area (Å²) in [7, 11) is -4.11. The molecule has 1 atom stereocenters. The number of nitrogens with zero attached hydrogens (tertiary/aromatic N) is 4. The van der Waals surface area contributed by atoms with Gasteiger partial charge in [-0.2, -0.15) is 28.1 Å². The molecule has 2 aromatic carbocycles. The summed E-state index contributed by atoms with van der Waals surface area (Å²) in [5, 5.41) is 9.21. The number of ether oxygens (including phenoxy) is 2. The lowest BCUT2D eigenvalue weighted by atomic mass is 10.1. The number of hydrogen-bond acceptors (Lipinski definition) is 12. The topological polar surface area (TPSA) is 177 Å². The number of rotatable bonds is 15. The fraction of sp³-hybridized carbons (Fsp3) is 0.485. The minimum atomic E-state index is -4.63. The minimum absolute atomic E-state index is 0.00412. The first-order valence-electron chi connectivity index (χ1n) is 16.5. The van der Waals surface area contributed by atoms with Gasteiger partial charge in [0.15, 0.2) is 6.61 Å². The quantitative estimate of drug-likeness (QED) is 0.168. The highest BCUT2D eigenvalue weighted by Crippen LogP contribution is 2.48. The van der Waals surface area contributed by atoms with Crippen molar-refractivity contribution in [1.82, 2.24) is 29.9 Å². The summed E-state index contributed by atoms with van der Waals surface area (Å²) in [4.78, 5) is 39.7. The Morgan fingerprint density at radius 1 is 1.00 bits per heavy atom. The molecule has 2 heterocycles. The number of anilines is 3. The van der Waals surface area contributed by atoms with E-state index >= 15 is 0 Å². The third-order valence-electron chi connectivity index (χ3n) is 8.13. The molecule has 0 spiro atoms. The second-order valence-corrected chi connectivity index (χ2v) is 15.8. The molecule has 5 rings (SSSR count). The number of hydrogen-bond donors (Lipinski definition) is 4. The number of amides is 2. The monoisotopic (exact) mass is 768 g/mol. The van der Waals surface area contributed by atoms with Gasteiger partial charge < -0.3 is 25.4 Å². The van der Waals surface area contributed by atoms with Gasteiger partial charge in [-0.3, -0.25) is 14.5 Å². The van der Waals surface area contributed by atoms with E-state index < -0.39 is 52.1 Å². The largest absolute Gasteiger partial charge is 0.454 e. The molecule has 282 valence electrons. The number of aromatic nitrogens is 3. The van der Waals surface area contributed by atoms with Gasteiger partial charge in [0.25, 0.3) is 5.91 Å². The number of halogens is 4. The van der Waals surface area contributed by atoms with Crippen LogP contribution in [0.1, 0.15) is 62.4 Å². The maximum atomic E-state index is 12.9. The van der Waals surface area contributed by atoms with E-state index in [9.17, 15) is 31.2 Å². The van der Waals surface area contributed by atoms with Crippen LogP contribution in [0.2, 0.25) is 5.02 Å². The highest BCUT2D eigenvalue weighted by molar-refractivity contribution is 7.90. The van der Waals surface area contributed by atoms with Gasteiger partial charge in [0.2, 0.25) is 27.8 Å². The molecule has 2 aliphatic rings. The Kier molecular flexibility index (Phi) is 11.8. The summed E-state index contributed by atoms with van der Waals surface area (Å²) >= 11 is 6.02. The van der Waals surface area contributed by atoms with Gasteiger partial charge in [-0.25, -0.2) is 13.1 Å². The Bertz CT molecular complexity index is 1840. The van der Waals surface area contributed by atoms with Gasteiger partial charge in [-0.05, 0) is 88.4 Å². The number of carbonyl (C=O) groups is 2. The molecular formula is C33H40ClF3N8O6S. The number of carbonyl (C=O) groups excluding carboxylic acids is 2. The predicted molar refractivity (Wildman–Crippen MR) is 187 cm³/mol. The first-order chi connectivity index (χ1) is 24.4. The van der Waals surface area contributed by atoms with Gasteiger partial charge in [0.05, 0.1) is 22.9 Å². The smallest absolute Gasteiger partial charge is 0.422 e. The SMILES string of the molecule is CC(C)(C)OCN1CCCC1C(=O)NCCS(=O)(=O)NC(=O)c1ccc(Nc2nc(NC3(c4ccc(Cl)cc4)CC3)nc(OCC(F)(F)F)n2)cc1. The van der Waals surface area contributed by atoms with Crippen molar-refractivity contribution < 1.29 is 40.7 Å². The molecule has 19 heteroatoms. The molecule has 2 fully saturated rings. The van der Waals surface area contributed by atoms with Gasteiger partial charge in [0, 0.05) is 29.4 Å². The molecule has 14 nitrogen and oxygen atoms in total. The standard InChI is InChI=1S/C33H40ClF3N8O6S/c1-31(2,3)51-20-45-17-4-5-25(45)27(47)38-16-18-52(48,49)44-26(46)21-6-12-24(13-7-21)39-28-40-29(42-30(41-28)50-19-33(35,36)37)43-32(14-15-32)22-8-10-23(34)11-9-22/h6-13,25H,4-5,14-20H2,1-3H3,(H,38,47)(H,44,46)(H2,39,40,41,42,43). The van der Waals surface area contributed by atoms with Gasteiger partial charge in [-0.1, -0.05) is 23.7 Å². The van der Waals surface area contributed by atoms with Crippen LogP contribution in [0.15, 0.2) is 48.5 Å². The van der Waals surface area contributed by atoms with Crippen LogP contribution in [-0.4, -0.2) is 90.1 Å². The van der Waals surface area contributed by atoms with Crippen molar-refractivity contribution in [2.45, 2.75) is 69.8 Å². The van der Waals surface area contributed by atoms with E-state index in [1.807, 2.05) is 42.5 Å². The first-order valence-corrected chi connectivity index (χ1v) is 18.5. The Labute approximate surface area is 304 Å². The Morgan fingerprint density at radius 3 is 2.31 bits per heavy atom. The number of benzene rings is 2. The average molecular weight is 769 g/mol. The zero-order chi connectivity index (χ0) is 37.7. The van der Waals surface area contributed by atoms with E-state index in [2.05, 4.69) is 30.9 Å². The molecule has 0 bridgehead atoms. The zero-order valence-corrected chi connectivity index (χ0v) is 30.3. The highest BCUT2D eigenvalue weighted by Gasteiger charge is 2.45. The third kappa shape index (κ3) is 11.4. The molecule has 1 unspecified atom stereocenters. The van der Waals surface area contributed by atoms with Gasteiger partial charge in [0.1, 0.15) is 6.73 Å². The number of alkyl halides is 3. The molecule has 3 aromatic rings. The normalized spacial score (nSPS) is 17.3. The summed E-state index contributed by atoms with van der Waals surface area (Å²) < 4.78 is 76.6. The Balaban J connectivity index is 1.17. The lowest BCUT2D eigenvalue weighted by Crippen LogP contribution is -2.46. The summed E-state index contributed by atoms with van der Waals surface area (Å²) in [6.45, 7) is 4.90. The zero-order valence-electron chi connectivity index (χ0n) is 28.7. The van der Waals surface area contributed by atoms with Crippen molar-refractivity contribution in [1.29, 1.82) is 0 Å². The predicted octanol–water partition coefficient (Wildman–Crippen LogP) is 4.72. The van der Waals surface area contributed by atoms with Crippen molar-refractivity contribution in [3.63, 3.8) is 0 Å². The lowest BCUT2D eigenvalue weighted by Gasteiger charge is -2.28. The summed E-state index contributed by atoms with van der Waals surface area (Å²) in [6.07, 6.45) is -1.78. The molecule has 1 aliphatic heterocycles. The van der Waals surface area contributed by atoms with Crippen molar-refractivity contribution >= 4 is 51.0 Å². The minimum Gasteiger partial charge on any atom is -0.454 e. The fourth-order valence-electron chi connectivity index (χ4n) is 5.34.